The fourth-order valence-corrected chi connectivity index (χ4v) is 2.92. The molecule has 0 unspecified atom stereocenters. The zero-order chi connectivity index (χ0) is 22.7. The van der Waals surface area contributed by atoms with Crippen LogP contribution >= 0.6 is 0 Å². The molecule has 0 amide bonds. The summed E-state index contributed by atoms with van der Waals surface area (Å²) in [5.41, 5.74) is 0.389. The van der Waals surface area contributed by atoms with Gasteiger partial charge in [0.15, 0.2) is 23.0 Å². The summed E-state index contributed by atoms with van der Waals surface area (Å²) >= 11 is 0. The van der Waals surface area contributed by atoms with E-state index in [9.17, 15) is 40.5 Å². The van der Waals surface area contributed by atoms with Crippen LogP contribution in [0.1, 0.15) is 15.9 Å². The molecular weight excluding hydrogens is 416 g/mol. The highest BCUT2D eigenvalue weighted by atomic mass is 16.7. The Balaban J connectivity index is 1.70. The molecule has 11 nitrogen and oxygen atoms in total. The Morgan fingerprint density at radius 2 is 1.61 bits per heavy atom. The first-order chi connectivity index (χ1) is 14.7. The lowest BCUT2D eigenvalue weighted by Crippen LogP contribution is -2.60. The molecule has 1 aliphatic heterocycles. The van der Waals surface area contributed by atoms with E-state index in [4.69, 9.17) is 14.2 Å². The van der Waals surface area contributed by atoms with Crippen molar-refractivity contribution < 1.29 is 54.8 Å². The second kappa shape index (κ2) is 9.37. The lowest BCUT2D eigenvalue weighted by atomic mass is 9.99. The summed E-state index contributed by atoms with van der Waals surface area (Å²) in [6.07, 6.45) is -7.70. The lowest BCUT2D eigenvalue weighted by Gasteiger charge is -2.39. The van der Waals surface area contributed by atoms with Gasteiger partial charge in [0.25, 0.3) is 0 Å². The standard InChI is InChI=1S/C20H22O11/c21-7-15-16(25)17(26)18(27)20(31-15)30-14-6-10(2-4-12(14)23)19(28)29-8-9-1-3-11(22)13(24)5-9/h1-6,15-18,20-27H,7-8H2/t15-,16-,17+,18-,20-/m1/s1. The highest BCUT2D eigenvalue weighted by Gasteiger charge is 2.45. The summed E-state index contributed by atoms with van der Waals surface area (Å²) in [6.45, 7) is -0.869. The van der Waals surface area contributed by atoms with E-state index >= 15 is 0 Å². The molecule has 1 heterocycles. The monoisotopic (exact) mass is 438 g/mol. The smallest absolute Gasteiger partial charge is 0.338 e. The minimum atomic E-state index is -1.70. The topological polar surface area (TPSA) is 186 Å². The molecule has 5 atom stereocenters. The molecule has 0 aromatic heterocycles. The Hall–Kier alpha value is -3.09. The van der Waals surface area contributed by atoms with Gasteiger partial charge in [-0.05, 0) is 35.9 Å². The maximum atomic E-state index is 12.3. The number of rotatable bonds is 6. The maximum absolute atomic E-state index is 12.3. The van der Waals surface area contributed by atoms with Crippen molar-refractivity contribution >= 4 is 5.97 Å². The third-order valence-corrected chi connectivity index (χ3v) is 4.70. The van der Waals surface area contributed by atoms with Gasteiger partial charge in [0.2, 0.25) is 6.29 Å². The van der Waals surface area contributed by atoms with Gasteiger partial charge in [0.05, 0.1) is 12.2 Å². The lowest BCUT2D eigenvalue weighted by molar-refractivity contribution is -0.277. The van der Waals surface area contributed by atoms with Crippen molar-refractivity contribution in [3.05, 3.63) is 47.5 Å². The molecule has 0 saturated carbocycles. The van der Waals surface area contributed by atoms with Crippen LogP contribution in [0, 0.1) is 0 Å². The van der Waals surface area contributed by atoms with Crippen molar-refractivity contribution in [2.45, 2.75) is 37.3 Å². The van der Waals surface area contributed by atoms with Crippen LogP contribution in [-0.4, -0.2) is 79.0 Å². The fraction of sp³-hybridized carbons (Fsp3) is 0.350. The van der Waals surface area contributed by atoms with Crippen LogP contribution < -0.4 is 4.74 Å². The average Bonchev–Trinajstić information content (AvgIpc) is 2.76. The van der Waals surface area contributed by atoms with Crippen LogP contribution in [0.15, 0.2) is 36.4 Å². The number of phenolic OH excluding ortho intramolecular Hbond substituents is 3. The molecule has 0 radical (unpaired) electrons. The van der Waals surface area contributed by atoms with Crippen LogP contribution in [0.3, 0.4) is 0 Å². The molecule has 2 aromatic rings. The van der Waals surface area contributed by atoms with Gasteiger partial charge in [-0.2, -0.15) is 0 Å². The molecule has 3 rings (SSSR count). The summed E-state index contributed by atoms with van der Waals surface area (Å²) in [5, 5.41) is 67.7. The number of benzene rings is 2. The second-order valence-corrected chi connectivity index (χ2v) is 6.90. The first-order valence-electron chi connectivity index (χ1n) is 9.19. The fourth-order valence-electron chi connectivity index (χ4n) is 2.92. The van der Waals surface area contributed by atoms with Crippen molar-refractivity contribution in [1.29, 1.82) is 0 Å². The molecule has 7 N–H and O–H groups in total. The summed E-state index contributed by atoms with van der Waals surface area (Å²) in [5.74, 6) is -2.17. The van der Waals surface area contributed by atoms with Gasteiger partial charge in [-0.3, -0.25) is 0 Å². The Bertz CT molecular complexity index is 929. The highest BCUT2D eigenvalue weighted by molar-refractivity contribution is 5.90. The Kier molecular flexibility index (Phi) is 6.83. The molecule has 1 aliphatic rings. The van der Waals surface area contributed by atoms with E-state index in [0.29, 0.717) is 5.56 Å². The van der Waals surface area contributed by atoms with E-state index < -0.39 is 49.0 Å². The van der Waals surface area contributed by atoms with Crippen molar-refractivity contribution in [2.75, 3.05) is 6.61 Å². The molecule has 11 heteroatoms. The minimum absolute atomic E-state index is 0.0274. The predicted octanol–water partition coefficient (Wildman–Crippen LogP) is -0.661. The van der Waals surface area contributed by atoms with Gasteiger partial charge in [0, 0.05) is 0 Å². The molecule has 2 aromatic carbocycles. The summed E-state index contributed by atoms with van der Waals surface area (Å²) in [6, 6.07) is 7.44. The second-order valence-electron chi connectivity index (χ2n) is 6.90. The van der Waals surface area contributed by atoms with E-state index in [0.717, 1.165) is 12.1 Å². The molecule has 1 fully saturated rings. The maximum Gasteiger partial charge on any atom is 0.338 e. The first kappa shape index (κ1) is 22.6. The molecule has 1 saturated heterocycles. The van der Waals surface area contributed by atoms with Crippen LogP contribution in [0.5, 0.6) is 23.0 Å². The number of phenols is 3. The number of carbonyl (C=O) groups excluding carboxylic acids is 1. The summed E-state index contributed by atoms with van der Waals surface area (Å²) in [7, 11) is 0. The Morgan fingerprint density at radius 3 is 2.29 bits per heavy atom. The van der Waals surface area contributed by atoms with Gasteiger partial charge in [-0.25, -0.2) is 4.79 Å². The first-order valence-corrected chi connectivity index (χ1v) is 9.19. The van der Waals surface area contributed by atoms with Gasteiger partial charge in [0.1, 0.15) is 31.0 Å². The SMILES string of the molecule is O=C(OCc1ccc(O)c(O)c1)c1ccc(O)c(O[C@@H]2O[C@H](CO)[C@@H](O)[C@H](O)[C@H]2O)c1. The molecule has 168 valence electrons. The predicted molar refractivity (Wildman–Crippen MR) is 101 cm³/mol. The van der Waals surface area contributed by atoms with E-state index in [1.807, 2.05) is 0 Å². The van der Waals surface area contributed by atoms with Gasteiger partial charge >= 0.3 is 5.97 Å². The zero-order valence-corrected chi connectivity index (χ0v) is 16.0. The number of ether oxygens (including phenoxy) is 3. The van der Waals surface area contributed by atoms with Crippen molar-refractivity contribution in [3.8, 4) is 23.0 Å². The van der Waals surface area contributed by atoms with Crippen molar-refractivity contribution in [3.63, 3.8) is 0 Å². The van der Waals surface area contributed by atoms with Crippen LogP contribution in [0.4, 0.5) is 0 Å². The Morgan fingerprint density at radius 1 is 0.903 bits per heavy atom. The largest absolute Gasteiger partial charge is 0.504 e. The van der Waals surface area contributed by atoms with E-state index in [1.54, 1.807) is 0 Å². The molecule has 31 heavy (non-hydrogen) atoms. The number of hydrogen-bond donors (Lipinski definition) is 7. The summed E-state index contributed by atoms with van der Waals surface area (Å²) < 4.78 is 15.7. The van der Waals surface area contributed by atoms with Crippen LogP contribution in [0.25, 0.3) is 0 Å². The zero-order valence-electron chi connectivity index (χ0n) is 16.0. The summed E-state index contributed by atoms with van der Waals surface area (Å²) in [4.78, 5) is 12.3. The van der Waals surface area contributed by atoms with Crippen molar-refractivity contribution in [2.24, 2.45) is 0 Å². The average molecular weight is 438 g/mol. The molecule has 0 bridgehead atoms. The van der Waals surface area contributed by atoms with Gasteiger partial charge < -0.3 is 50.0 Å². The number of esters is 1. The van der Waals surface area contributed by atoms with Gasteiger partial charge in [-0.1, -0.05) is 6.07 Å². The van der Waals surface area contributed by atoms with E-state index in [1.165, 1.54) is 24.3 Å². The quantitative estimate of drug-likeness (QED) is 0.224. The number of aliphatic hydroxyl groups excluding tert-OH is 4. The third kappa shape index (κ3) is 4.98. The van der Waals surface area contributed by atoms with Gasteiger partial charge in [-0.15, -0.1) is 0 Å². The van der Waals surface area contributed by atoms with Crippen molar-refractivity contribution in [1.82, 2.24) is 0 Å². The normalized spacial score (nSPS) is 25.7. The number of aliphatic hydroxyl groups is 4. The molecular formula is C20H22O11. The van der Waals surface area contributed by atoms with Crippen LogP contribution in [-0.2, 0) is 16.1 Å². The highest BCUT2D eigenvalue weighted by Crippen LogP contribution is 2.32. The van der Waals surface area contributed by atoms with Crippen LogP contribution in [0.2, 0.25) is 0 Å². The minimum Gasteiger partial charge on any atom is -0.504 e. The van der Waals surface area contributed by atoms with E-state index in [2.05, 4.69) is 0 Å². The van der Waals surface area contributed by atoms with E-state index in [-0.39, 0.29) is 29.4 Å². The number of carbonyl (C=O) groups is 1. The third-order valence-electron chi connectivity index (χ3n) is 4.70. The Labute approximate surface area is 175 Å². The number of hydrogen-bond acceptors (Lipinski definition) is 11. The molecule has 0 aliphatic carbocycles. The molecule has 0 spiro atoms. The number of aromatic hydroxyl groups is 3.